The highest BCUT2D eigenvalue weighted by atomic mass is 35.5. The predicted octanol–water partition coefficient (Wildman–Crippen LogP) is 1.55. The van der Waals surface area contributed by atoms with E-state index >= 15 is 0 Å². The molecule has 0 aliphatic heterocycles. The molecule has 0 aromatic heterocycles. The first-order chi connectivity index (χ1) is 7.23. The summed E-state index contributed by atoms with van der Waals surface area (Å²) in [6, 6.07) is 0. The first kappa shape index (κ1) is 16.2. The summed E-state index contributed by atoms with van der Waals surface area (Å²) in [6.45, 7) is 6.80. The molecule has 0 aliphatic rings. The fourth-order valence-corrected chi connectivity index (χ4v) is 3.62. The minimum atomic E-state index is -3.25. The monoisotopic (exact) mass is 271 g/mol. The summed E-state index contributed by atoms with van der Waals surface area (Å²) in [7, 11) is -1.69. The van der Waals surface area contributed by atoms with Gasteiger partial charge in [0, 0.05) is 26.1 Å². The van der Waals surface area contributed by atoms with Crippen molar-refractivity contribution in [2.75, 3.05) is 38.4 Å². The van der Waals surface area contributed by atoms with Crippen LogP contribution in [0.25, 0.3) is 0 Å². The number of ether oxygens (including phenoxy) is 1. The standard InChI is InChI=1S/C10H22ClNO3S/c1-10(2,3)9-16(13,14)12(6-5-11)7-8-15-4/h5-9H2,1-4H3. The topological polar surface area (TPSA) is 46.6 Å². The molecular weight excluding hydrogens is 250 g/mol. The van der Waals surface area contributed by atoms with Gasteiger partial charge in [-0.15, -0.1) is 11.6 Å². The van der Waals surface area contributed by atoms with E-state index in [0.717, 1.165) is 0 Å². The molecule has 0 saturated carbocycles. The Kier molecular flexibility index (Phi) is 6.86. The van der Waals surface area contributed by atoms with Crippen LogP contribution < -0.4 is 0 Å². The lowest BCUT2D eigenvalue weighted by Gasteiger charge is -2.25. The average Bonchev–Trinajstić information content (AvgIpc) is 2.07. The Hall–Kier alpha value is 0.160. The van der Waals surface area contributed by atoms with Crippen LogP contribution in [0, 0.1) is 5.41 Å². The van der Waals surface area contributed by atoms with Crippen molar-refractivity contribution in [2.45, 2.75) is 20.8 Å². The minimum Gasteiger partial charge on any atom is -0.383 e. The third-order valence-corrected chi connectivity index (χ3v) is 4.44. The highest BCUT2D eigenvalue weighted by Gasteiger charge is 2.27. The summed E-state index contributed by atoms with van der Waals surface area (Å²) >= 11 is 5.61. The predicted molar refractivity (Wildman–Crippen MR) is 67.4 cm³/mol. The molecule has 0 N–H and O–H groups in total. The quantitative estimate of drug-likeness (QED) is 0.660. The van der Waals surface area contributed by atoms with E-state index in [9.17, 15) is 8.42 Å². The Balaban J connectivity index is 4.62. The van der Waals surface area contributed by atoms with Crippen molar-refractivity contribution in [2.24, 2.45) is 5.41 Å². The van der Waals surface area contributed by atoms with Crippen molar-refractivity contribution in [3.63, 3.8) is 0 Å². The Bertz CT molecular complexity index is 285. The van der Waals surface area contributed by atoms with Crippen LogP contribution in [0.15, 0.2) is 0 Å². The van der Waals surface area contributed by atoms with E-state index in [-0.39, 0.29) is 11.2 Å². The van der Waals surface area contributed by atoms with Crippen molar-refractivity contribution in [3.05, 3.63) is 0 Å². The molecule has 0 aromatic carbocycles. The third-order valence-electron chi connectivity index (χ3n) is 1.89. The van der Waals surface area contributed by atoms with Gasteiger partial charge in [0.25, 0.3) is 0 Å². The largest absolute Gasteiger partial charge is 0.383 e. The van der Waals surface area contributed by atoms with Gasteiger partial charge in [0.05, 0.1) is 12.4 Å². The molecule has 0 aromatic rings. The van der Waals surface area contributed by atoms with Gasteiger partial charge in [-0.05, 0) is 5.41 Å². The van der Waals surface area contributed by atoms with Crippen molar-refractivity contribution >= 4 is 21.6 Å². The Morgan fingerprint density at radius 3 is 2.19 bits per heavy atom. The number of alkyl halides is 1. The number of rotatable bonds is 7. The van der Waals surface area contributed by atoms with Gasteiger partial charge in [-0.3, -0.25) is 0 Å². The van der Waals surface area contributed by atoms with Gasteiger partial charge in [-0.25, -0.2) is 8.42 Å². The first-order valence-corrected chi connectivity index (χ1v) is 7.40. The zero-order valence-electron chi connectivity index (χ0n) is 10.5. The Morgan fingerprint density at radius 2 is 1.81 bits per heavy atom. The van der Waals surface area contributed by atoms with E-state index in [1.54, 1.807) is 7.11 Å². The van der Waals surface area contributed by atoms with Gasteiger partial charge in [0.15, 0.2) is 0 Å². The van der Waals surface area contributed by atoms with Crippen LogP contribution in [0.1, 0.15) is 20.8 Å². The number of halogens is 1. The van der Waals surface area contributed by atoms with Crippen LogP contribution in [-0.2, 0) is 14.8 Å². The number of hydrogen-bond donors (Lipinski definition) is 0. The molecule has 0 radical (unpaired) electrons. The van der Waals surface area contributed by atoms with E-state index in [0.29, 0.717) is 25.6 Å². The second-order valence-corrected chi connectivity index (χ2v) is 7.24. The lowest BCUT2D eigenvalue weighted by atomic mass is 10.0. The van der Waals surface area contributed by atoms with Gasteiger partial charge < -0.3 is 4.74 Å². The minimum absolute atomic E-state index is 0.126. The highest BCUT2D eigenvalue weighted by molar-refractivity contribution is 7.89. The zero-order valence-corrected chi connectivity index (χ0v) is 12.1. The smallest absolute Gasteiger partial charge is 0.214 e. The maximum absolute atomic E-state index is 12.1. The maximum Gasteiger partial charge on any atom is 0.214 e. The van der Waals surface area contributed by atoms with Crippen LogP contribution in [0.2, 0.25) is 0 Å². The van der Waals surface area contributed by atoms with Crippen LogP contribution in [0.5, 0.6) is 0 Å². The average molecular weight is 272 g/mol. The van der Waals surface area contributed by atoms with Gasteiger partial charge >= 0.3 is 0 Å². The Labute approximate surface area is 104 Å². The zero-order chi connectivity index (χ0) is 12.8. The lowest BCUT2D eigenvalue weighted by molar-refractivity contribution is 0.180. The molecule has 0 saturated heterocycles. The molecule has 0 amide bonds. The van der Waals surface area contributed by atoms with Crippen molar-refractivity contribution in [3.8, 4) is 0 Å². The van der Waals surface area contributed by atoms with Gasteiger partial charge in [0.2, 0.25) is 10.0 Å². The summed E-state index contributed by atoms with van der Waals surface area (Å²) in [5, 5.41) is 0. The van der Waals surface area contributed by atoms with Gasteiger partial charge in [0.1, 0.15) is 0 Å². The molecule has 0 bridgehead atoms. The summed E-state index contributed by atoms with van der Waals surface area (Å²) in [5.41, 5.74) is -0.254. The van der Waals surface area contributed by atoms with Gasteiger partial charge in [-0.1, -0.05) is 20.8 Å². The molecule has 0 atom stereocenters. The summed E-state index contributed by atoms with van der Waals surface area (Å²) in [5.74, 6) is 0.424. The molecule has 0 heterocycles. The molecule has 0 rings (SSSR count). The van der Waals surface area contributed by atoms with Crippen LogP contribution in [-0.4, -0.2) is 51.2 Å². The fraction of sp³-hybridized carbons (Fsp3) is 1.00. The number of sulfonamides is 1. The number of nitrogens with zero attached hydrogens (tertiary/aromatic N) is 1. The molecule has 0 spiro atoms. The van der Waals surface area contributed by atoms with Crippen LogP contribution in [0.4, 0.5) is 0 Å². The molecule has 0 aliphatic carbocycles. The lowest BCUT2D eigenvalue weighted by Crippen LogP contribution is -2.40. The molecule has 16 heavy (non-hydrogen) atoms. The molecule has 4 nitrogen and oxygen atoms in total. The second kappa shape index (κ2) is 6.79. The number of methoxy groups -OCH3 is 1. The van der Waals surface area contributed by atoms with Crippen LogP contribution >= 0.6 is 11.6 Å². The molecule has 6 heteroatoms. The molecule has 0 fully saturated rings. The first-order valence-electron chi connectivity index (χ1n) is 5.25. The molecular formula is C10H22ClNO3S. The van der Waals surface area contributed by atoms with Gasteiger partial charge in [-0.2, -0.15) is 4.31 Å². The highest BCUT2D eigenvalue weighted by Crippen LogP contribution is 2.18. The van der Waals surface area contributed by atoms with Crippen molar-refractivity contribution in [1.82, 2.24) is 4.31 Å². The summed E-state index contributed by atoms with van der Waals surface area (Å²) < 4.78 is 30.4. The van der Waals surface area contributed by atoms with E-state index in [4.69, 9.17) is 16.3 Å². The molecule has 98 valence electrons. The summed E-state index contributed by atoms with van der Waals surface area (Å²) in [6.07, 6.45) is 0. The van der Waals surface area contributed by atoms with Crippen molar-refractivity contribution < 1.29 is 13.2 Å². The second-order valence-electron chi connectivity index (χ2n) is 4.90. The third kappa shape index (κ3) is 6.68. The maximum atomic E-state index is 12.1. The van der Waals surface area contributed by atoms with E-state index < -0.39 is 10.0 Å². The Morgan fingerprint density at radius 1 is 1.25 bits per heavy atom. The normalized spacial score (nSPS) is 13.4. The SMILES string of the molecule is COCCN(CCCl)S(=O)(=O)CC(C)(C)C. The summed E-state index contributed by atoms with van der Waals surface area (Å²) in [4.78, 5) is 0. The van der Waals surface area contributed by atoms with E-state index in [1.807, 2.05) is 20.8 Å². The fourth-order valence-electron chi connectivity index (χ4n) is 1.32. The van der Waals surface area contributed by atoms with E-state index in [1.165, 1.54) is 4.31 Å². The molecule has 0 unspecified atom stereocenters. The van der Waals surface area contributed by atoms with E-state index in [2.05, 4.69) is 0 Å². The van der Waals surface area contributed by atoms with Crippen molar-refractivity contribution in [1.29, 1.82) is 0 Å². The van der Waals surface area contributed by atoms with Crippen LogP contribution in [0.3, 0.4) is 0 Å². The number of hydrogen-bond acceptors (Lipinski definition) is 3.